The van der Waals surface area contributed by atoms with Gasteiger partial charge in [-0.2, -0.15) is 0 Å². The molecule has 0 saturated carbocycles. The zero-order valence-electron chi connectivity index (χ0n) is 26.1. The minimum atomic E-state index is -1.66. The molecule has 0 spiro atoms. The Labute approximate surface area is 250 Å². The number of aliphatic hydroxyl groups excluding tert-OH is 3. The van der Waals surface area contributed by atoms with Gasteiger partial charge in [0.1, 0.15) is 19.0 Å². The van der Waals surface area contributed by atoms with Gasteiger partial charge in [-0.1, -0.05) is 57.9 Å². The lowest BCUT2D eigenvalue weighted by Gasteiger charge is -2.54. The number of hydrogen-bond acceptors (Lipinski definition) is 10. The van der Waals surface area contributed by atoms with Crippen LogP contribution in [0, 0.1) is 11.3 Å². The summed E-state index contributed by atoms with van der Waals surface area (Å²) in [6, 6.07) is 0. The number of amides is 1. The molecule has 10 atom stereocenters. The van der Waals surface area contributed by atoms with E-state index in [1.165, 1.54) is 7.11 Å². The van der Waals surface area contributed by atoms with E-state index in [0.29, 0.717) is 6.42 Å². The van der Waals surface area contributed by atoms with Crippen molar-refractivity contribution < 1.29 is 48.5 Å². The van der Waals surface area contributed by atoms with Gasteiger partial charge < -0.3 is 49.1 Å². The molecule has 0 radical (unpaired) electrons. The lowest BCUT2D eigenvalue weighted by molar-refractivity contribution is -0.332. The highest BCUT2D eigenvalue weighted by Gasteiger charge is 2.57. The molecule has 3 aliphatic rings. The Morgan fingerprint density at radius 2 is 1.86 bits per heavy atom. The van der Waals surface area contributed by atoms with Crippen molar-refractivity contribution in [2.75, 3.05) is 27.6 Å². The van der Waals surface area contributed by atoms with Crippen molar-refractivity contribution in [3.8, 4) is 0 Å². The number of allylic oxidation sites excluding steroid dienone is 1. The van der Waals surface area contributed by atoms with Gasteiger partial charge in [-0.3, -0.25) is 4.79 Å². The Hall–Kier alpha value is -1.41. The van der Waals surface area contributed by atoms with Crippen LogP contribution in [0.5, 0.6) is 0 Å². The Morgan fingerprint density at radius 1 is 1.14 bits per heavy atom. The number of nitrogens with one attached hydrogen (secondary N) is 1. The van der Waals surface area contributed by atoms with Gasteiger partial charge in [-0.15, -0.1) is 0 Å². The lowest BCUT2D eigenvalue weighted by Crippen LogP contribution is -2.69. The van der Waals surface area contributed by atoms with E-state index in [9.17, 15) is 15.0 Å². The third kappa shape index (κ3) is 7.99. The first-order chi connectivity index (χ1) is 19.9. The largest absolute Gasteiger partial charge is 0.396 e. The number of aliphatic hydroxyl groups is 3. The van der Waals surface area contributed by atoms with E-state index in [1.54, 1.807) is 13.2 Å². The second kappa shape index (κ2) is 15.5. The van der Waals surface area contributed by atoms with Crippen LogP contribution >= 0.6 is 0 Å². The molecule has 0 bridgehead atoms. The number of carbonyl (C=O) groups is 1. The number of unbranched alkanes of at least 4 members (excludes halogenated alkanes) is 4. The summed E-state index contributed by atoms with van der Waals surface area (Å²) in [5.74, 6) is -2.27. The molecule has 242 valence electrons. The Balaban J connectivity index is 1.69. The summed E-state index contributed by atoms with van der Waals surface area (Å²) in [7, 11) is 3.00. The highest BCUT2D eigenvalue weighted by atomic mass is 16.7. The van der Waals surface area contributed by atoms with E-state index in [-0.39, 0.29) is 31.8 Å². The lowest BCUT2D eigenvalue weighted by atomic mass is 9.72. The van der Waals surface area contributed by atoms with Crippen LogP contribution in [0.3, 0.4) is 0 Å². The Morgan fingerprint density at radius 3 is 2.50 bits per heavy atom. The van der Waals surface area contributed by atoms with Gasteiger partial charge in [-0.25, -0.2) is 0 Å². The SMILES string of the molecule is C=C1C[C@](OC)([C@H](O)C(=O)N[C@H]2OCO[C@H]3[C@@H]2O[C@H](C[C@H](O)/C=C/CCCCCCO)C(C)(C)[C@@H]3OC)O[C@H](C)[C@@H]1C. The van der Waals surface area contributed by atoms with E-state index in [0.717, 1.165) is 37.7 Å². The number of ether oxygens (including phenoxy) is 6. The highest BCUT2D eigenvalue weighted by molar-refractivity contribution is 5.82. The molecule has 0 aromatic rings. The van der Waals surface area contributed by atoms with Crippen LogP contribution in [0.15, 0.2) is 24.3 Å². The van der Waals surface area contributed by atoms with Gasteiger partial charge in [0.25, 0.3) is 5.91 Å². The van der Waals surface area contributed by atoms with E-state index in [1.807, 2.05) is 33.8 Å². The van der Waals surface area contributed by atoms with Crippen molar-refractivity contribution in [3.05, 3.63) is 24.3 Å². The summed E-state index contributed by atoms with van der Waals surface area (Å²) in [5, 5.41) is 33.7. The van der Waals surface area contributed by atoms with Crippen molar-refractivity contribution in [2.45, 2.75) is 127 Å². The molecule has 3 saturated heterocycles. The Kier molecular flexibility index (Phi) is 13.0. The number of hydrogen-bond donors (Lipinski definition) is 4. The average Bonchev–Trinajstić information content (AvgIpc) is 2.95. The van der Waals surface area contributed by atoms with E-state index in [2.05, 4.69) is 11.9 Å². The number of methoxy groups -OCH3 is 2. The first kappa shape index (κ1) is 35.1. The quantitative estimate of drug-likeness (QED) is 0.174. The molecule has 0 aromatic heterocycles. The van der Waals surface area contributed by atoms with E-state index < -0.39 is 60.0 Å². The summed E-state index contributed by atoms with van der Waals surface area (Å²) < 4.78 is 35.7. The van der Waals surface area contributed by atoms with Crippen molar-refractivity contribution in [1.29, 1.82) is 0 Å². The summed E-state index contributed by atoms with van der Waals surface area (Å²) >= 11 is 0. The molecule has 0 aromatic carbocycles. The molecule has 0 aliphatic carbocycles. The van der Waals surface area contributed by atoms with Crippen LogP contribution in [0.25, 0.3) is 0 Å². The predicted octanol–water partition coefficient (Wildman–Crippen LogP) is 2.56. The summed E-state index contributed by atoms with van der Waals surface area (Å²) in [4.78, 5) is 13.4. The second-order valence-electron chi connectivity index (χ2n) is 12.4. The molecular formula is C31H53NO10. The maximum Gasteiger partial charge on any atom is 0.256 e. The molecule has 3 heterocycles. The smallest absolute Gasteiger partial charge is 0.256 e. The van der Waals surface area contributed by atoms with E-state index in [4.69, 9.17) is 33.5 Å². The second-order valence-corrected chi connectivity index (χ2v) is 12.4. The van der Waals surface area contributed by atoms with Crippen LogP contribution in [-0.2, 0) is 33.2 Å². The van der Waals surface area contributed by atoms with Gasteiger partial charge in [0, 0.05) is 45.0 Å². The molecular weight excluding hydrogens is 546 g/mol. The fourth-order valence-electron chi connectivity index (χ4n) is 6.21. The molecule has 4 N–H and O–H groups in total. The molecule has 11 heteroatoms. The molecule has 3 fully saturated rings. The molecule has 42 heavy (non-hydrogen) atoms. The topological polar surface area (TPSA) is 145 Å². The van der Waals surface area contributed by atoms with Crippen molar-refractivity contribution in [3.63, 3.8) is 0 Å². The summed E-state index contributed by atoms with van der Waals surface area (Å²) in [5.41, 5.74) is 0.284. The third-order valence-electron chi connectivity index (χ3n) is 9.16. The van der Waals surface area contributed by atoms with Crippen molar-refractivity contribution in [2.24, 2.45) is 11.3 Å². The normalized spacial score (nSPS) is 36.4. The van der Waals surface area contributed by atoms with Gasteiger partial charge >= 0.3 is 0 Å². The standard InChI is InChI=1S/C31H53NO10/c1-19-17-31(38-7,42-21(3)20(19)2)26(35)28(36)32-29-25-24(39-18-40-29)27(37-6)30(4,5)23(41-25)16-22(34)14-12-10-8-9-11-13-15-33/h12,14,20-27,29,33-35H,1,8-11,13,15-18H2,2-7H3,(H,32,36)/b14-12+/t20-,21-,22-,23-,24+,25+,26-,27-,29+,31-/m1/s1. The molecule has 0 unspecified atom stereocenters. The number of carbonyl (C=O) groups excluding carboxylic acids is 1. The zero-order chi connectivity index (χ0) is 31.1. The van der Waals surface area contributed by atoms with Gasteiger partial charge in [-0.05, 0) is 26.2 Å². The average molecular weight is 600 g/mol. The van der Waals surface area contributed by atoms with Gasteiger partial charge in [0.05, 0.1) is 24.4 Å². The van der Waals surface area contributed by atoms with Crippen LogP contribution in [0.1, 0.15) is 72.6 Å². The zero-order valence-corrected chi connectivity index (χ0v) is 26.1. The monoisotopic (exact) mass is 599 g/mol. The Bertz CT molecular complexity index is 912. The van der Waals surface area contributed by atoms with Crippen LogP contribution in [0.4, 0.5) is 0 Å². The summed E-state index contributed by atoms with van der Waals surface area (Å²) in [6.07, 6.45) is 3.02. The molecule has 3 rings (SSSR count). The van der Waals surface area contributed by atoms with Crippen molar-refractivity contribution in [1.82, 2.24) is 5.32 Å². The van der Waals surface area contributed by atoms with Gasteiger partial charge in [0.15, 0.2) is 12.3 Å². The van der Waals surface area contributed by atoms with Crippen LogP contribution in [0.2, 0.25) is 0 Å². The number of rotatable bonds is 14. The first-order valence-corrected chi connectivity index (χ1v) is 15.2. The third-order valence-corrected chi connectivity index (χ3v) is 9.16. The van der Waals surface area contributed by atoms with Crippen molar-refractivity contribution >= 4 is 5.91 Å². The molecule has 1 amide bonds. The maximum atomic E-state index is 13.4. The fraction of sp³-hybridized carbons (Fsp3) is 0.839. The van der Waals surface area contributed by atoms with Gasteiger partial charge in [0.2, 0.25) is 5.79 Å². The highest BCUT2D eigenvalue weighted by Crippen LogP contribution is 2.44. The predicted molar refractivity (Wildman–Crippen MR) is 155 cm³/mol. The molecule has 3 aliphatic heterocycles. The fourth-order valence-corrected chi connectivity index (χ4v) is 6.21. The van der Waals surface area contributed by atoms with Crippen LogP contribution in [-0.4, -0.2) is 104 Å². The van der Waals surface area contributed by atoms with Crippen LogP contribution < -0.4 is 5.32 Å². The minimum absolute atomic E-state index is 0.0482. The van der Waals surface area contributed by atoms with E-state index >= 15 is 0 Å². The minimum Gasteiger partial charge on any atom is -0.396 e. The first-order valence-electron chi connectivity index (χ1n) is 15.2. The maximum absolute atomic E-state index is 13.4. The number of fused-ring (bicyclic) bond motifs is 1. The molecule has 11 nitrogen and oxygen atoms in total. The summed E-state index contributed by atoms with van der Waals surface area (Å²) in [6.45, 7) is 12.0.